The summed E-state index contributed by atoms with van der Waals surface area (Å²) in [5.41, 5.74) is 42.3. The molecule has 0 nitrogen and oxygen atoms in total. The maximum atomic E-state index is 2.69. The minimum Gasteiger partial charge on any atom is -0.0628 e. The first-order valence-corrected chi connectivity index (χ1v) is 40.9. The van der Waals surface area contributed by atoms with E-state index in [2.05, 4.69) is 320 Å². The van der Waals surface area contributed by atoms with Crippen molar-refractivity contribution in [3.63, 3.8) is 0 Å². The summed E-state index contributed by atoms with van der Waals surface area (Å²) in [6.07, 6.45) is 14.1. The lowest BCUT2D eigenvalue weighted by atomic mass is 9.68. The SMILES string of the molecule is Cc1ccc2c(c1)C(C)(C)c1cc(-c3ccc4c(c3)C(CCC(C)C)(CCC(C)C)c3cc(-c5ccc6c(c5)C(CCC(C)C)(CCC(C)C)c5cc(-c7ccc8c(c7)C(C)(C)c7cc(-c9ccc%10c(c9)C(CCC(C)C)(CCC(C)C)c9cc(C(C)(C)C)ccc9-%10)ccc7-8)ccc5-6)ccc3-4)ccc1-2. The Hall–Kier alpha value is -7.80. The molecular weight excluding hydrogens is 1250 g/mol. The van der Waals surface area contributed by atoms with Gasteiger partial charge in [0.25, 0.3) is 0 Å². The van der Waals surface area contributed by atoms with Crippen LogP contribution in [0.4, 0.5) is 0 Å². The highest BCUT2D eigenvalue weighted by Crippen LogP contribution is 2.62. The second-order valence-electron chi connectivity index (χ2n) is 38.2. The van der Waals surface area contributed by atoms with E-state index in [1.54, 1.807) is 22.3 Å². The Kier molecular flexibility index (Phi) is 18.4. The van der Waals surface area contributed by atoms with Gasteiger partial charge in [0.2, 0.25) is 0 Å². The standard InChI is InChI=1S/C104H120/c1-63(2)41-47-102(48-42-64(3)4)93-57-73(70-22-32-80-79-31-21-69(13)53-89(79)100(17,18)90(80)54-70)25-35-83(93)85-37-28-76(60-95(85)102)77-29-38-86-84-36-26-74(58-94(84)103(96(86)61-77,49-43-65(5)6)50-44-66(7)8)71-23-33-81-82-34-24-72(56-92(82)101(19,20)91(81)55-71)75-27-39-87-88-40-30-78(99(14,15)16)62-98(88)104(97(87)59-75,51-45-67(9)10)52-46-68(11)12/h21-40,53-68H,41-52H2,1-20H3. The Morgan fingerprint density at radius 1 is 0.231 bits per heavy atom. The van der Waals surface area contributed by atoms with Gasteiger partial charge in [-0.25, -0.2) is 0 Å². The second kappa shape index (κ2) is 26.6. The lowest BCUT2D eigenvalue weighted by Crippen LogP contribution is -2.27. The van der Waals surface area contributed by atoms with Crippen molar-refractivity contribution < 1.29 is 0 Å². The maximum Gasteiger partial charge on any atom is 0.0215 e. The first kappa shape index (κ1) is 71.8. The minimum atomic E-state index is -0.188. The second-order valence-corrected chi connectivity index (χ2v) is 38.2. The van der Waals surface area contributed by atoms with Gasteiger partial charge in [0.1, 0.15) is 0 Å². The van der Waals surface area contributed by atoms with E-state index in [-0.39, 0.29) is 32.5 Å². The van der Waals surface area contributed by atoms with Crippen molar-refractivity contribution in [3.8, 4) is 100 Å². The normalized spacial score (nSPS) is 16.1. The van der Waals surface area contributed by atoms with Crippen LogP contribution in [0.2, 0.25) is 0 Å². The molecule has 0 heteroatoms. The quantitative estimate of drug-likeness (QED) is 0.0634. The number of hydrogen-bond donors (Lipinski definition) is 0. The molecule has 5 aliphatic rings. The molecule has 0 aliphatic heterocycles. The molecule has 0 unspecified atom stereocenters. The summed E-state index contributed by atoms with van der Waals surface area (Å²) < 4.78 is 0. The van der Waals surface area contributed by atoms with E-state index in [0.717, 1.165) is 25.7 Å². The van der Waals surface area contributed by atoms with Crippen LogP contribution in [-0.2, 0) is 32.5 Å². The van der Waals surface area contributed by atoms with Crippen LogP contribution in [0.1, 0.15) is 275 Å². The Bertz CT molecular complexity index is 4950. The van der Waals surface area contributed by atoms with Gasteiger partial charge < -0.3 is 0 Å². The highest BCUT2D eigenvalue weighted by Gasteiger charge is 2.48. The van der Waals surface area contributed by atoms with Gasteiger partial charge in [-0.15, -0.1) is 0 Å². The zero-order valence-electron chi connectivity index (χ0n) is 67.3. The highest BCUT2D eigenvalue weighted by atomic mass is 14.5. The molecule has 0 radical (unpaired) electrons. The molecule has 0 atom stereocenters. The van der Waals surface area contributed by atoms with Gasteiger partial charge in [0.05, 0.1) is 0 Å². The van der Waals surface area contributed by atoms with E-state index in [9.17, 15) is 0 Å². The maximum absolute atomic E-state index is 2.69. The average Bonchev–Trinajstić information content (AvgIpc) is 1.58. The van der Waals surface area contributed by atoms with Crippen LogP contribution in [0.25, 0.3) is 100 Å². The van der Waals surface area contributed by atoms with Crippen LogP contribution in [0, 0.1) is 42.4 Å². The van der Waals surface area contributed by atoms with Crippen molar-refractivity contribution >= 4 is 0 Å². The first-order chi connectivity index (χ1) is 49.4. The third-order valence-corrected chi connectivity index (χ3v) is 26.7. The molecule has 0 heterocycles. The number of hydrogen-bond acceptors (Lipinski definition) is 0. The number of benzene rings is 10. The molecule has 0 bridgehead atoms. The fraction of sp³-hybridized carbons (Fsp3) is 0.423. The largest absolute Gasteiger partial charge is 0.0628 e. The summed E-state index contributed by atoms with van der Waals surface area (Å²) in [4.78, 5) is 0. The van der Waals surface area contributed by atoms with Gasteiger partial charge in [-0.3, -0.25) is 0 Å². The topological polar surface area (TPSA) is 0 Å². The predicted octanol–water partition coefficient (Wildman–Crippen LogP) is 30.0. The molecule has 536 valence electrons. The van der Waals surface area contributed by atoms with Crippen molar-refractivity contribution in [3.05, 3.63) is 249 Å². The van der Waals surface area contributed by atoms with E-state index in [1.165, 1.54) is 196 Å². The molecule has 5 aliphatic carbocycles. The number of rotatable bonds is 22. The van der Waals surface area contributed by atoms with Gasteiger partial charge in [-0.1, -0.05) is 271 Å². The zero-order valence-corrected chi connectivity index (χ0v) is 67.3. The Balaban J connectivity index is 0.783. The third-order valence-electron chi connectivity index (χ3n) is 26.7. The molecule has 0 amide bonds. The average molecular weight is 1370 g/mol. The monoisotopic (exact) mass is 1370 g/mol. The third kappa shape index (κ3) is 12.1. The van der Waals surface area contributed by atoms with Crippen LogP contribution in [0.15, 0.2) is 182 Å². The number of aryl methyl sites for hydroxylation is 1. The van der Waals surface area contributed by atoms with Crippen molar-refractivity contribution in [2.45, 2.75) is 248 Å². The molecule has 0 saturated carbocycles. The van der Waals surface area contributed by atoms with Gasteiger partial charge in [0, 0.05) is 27.1 Å². The molecule has 104 heavy (non-hydrogen) atoms. The summed E-state index contributed by atoms with van der Waals surface area (Å²) in [5.74, 6) is 3.65. The van der Waals surface area contributed by atoms with E-state index < -0.39 is 0 Å². The molecule has 0 fully saturated rings. The summed E-state index contributed by atoms with van der Waals surface area (Å²) in [6, 6.07) is 75.2. The Morgan fingerprint density at radius 2 is 0.413 bits per heavy atom. The van der Waals surface area contributed by atoms with Crippen molar-refractivity contribution in [1.82, 2.24) is 0 Å². The summed E-state index contributed by atoms with van der Waals surface area (Å²) >= 11 is 0. The lowest BCUT2D eigenvalue weighted by Gasteiger charge is -2.35. The predicted molar refractivity (Wildman–Crippen MR) is 450 cm³/mol. The molecule has 0 spiro atoms. The fourth-order valence-corrected chi connectivity index (χ4v) is 20.2. The molecule has 10 aromatic rings. The Morgan fingerprint density at radius 3 is 0.635 bits per heavy atom. The van der Waals surface area contributed by atoms with Gasteiger partial charge in [-0.05, 0) is 335 Å². The van der Waals surface area contributed by atoms with Crippen LogP contribution in [-0.4, -0.2) is 0 Å². The fourth-order valence-electron chi connectivity index (χ4n) is 20.2. The van der Waals surface area contributed by atoms with Gasteiger partial charge in [-0.2, -0.15) is 0 Å². The summed E-state index contributed by atoms with van der Waals surface area (Å²) in [6.45, 7) is 48.4. The van der Waals surface area contributed by atoms with Gasteiger partial charge in [0.15, 0.2) is 0 Å². The highest BCUT2D eigenvalue weighted by molar-refractivity contribution is 5.93. The molecule has 10 aromatic carbocycles. The molecule has 0 N–H and O–H groups in total. The first-order valence-electron chi connectivity index (χ1n) is 40.9. The molecule has 0 saturated heterocycles. The smallest absolute Gasteiger partial charge is 0.0215 e. The van der Waals surface area contributed by atoms with Crippen molar-refractivity contribution in [1.29, 1.82) is 0 Å². The van der Waals surface area contributed by atoms with Crippen LogP contribution >= 0.6 is 0 Å². The summed E-state index contributed by atoms with van der Waals surface area (Å²) in [5, 5.41) is 0. The van der Waals surface area contributed by atoms with Gasteiger partial charge >= 0.3 is 0 Å². The minimum absolute atomic E-state index is 0.0147. The van der Waals surface area contributed by atoms with Crippen LogP contribution < -0.4 is 0 Å². The van der Waals surface area contributed by atoms with E-state index >= 15 is 0 Å². The van der Waals surface area contributed by atoms with Crippen molar-refractivity contribution in [2.24, 2.45) is 35.5 Å². The van der Waals surface area contributed by atoms with E-state index in [0.29, 0.717) is 35.5 Å². The number of fused-ring (bicyclic) bond motifs is 15. The summed E-state index contributed by atoms with van der Waals surface area (Å²) in [7, 11) is 0. The lowest BCUT2D eigenvalue weighted by molar-refractivity contribution is 0.363. The van der Waals surface area contributed by atoms with E-state index in [1.807, 2.05) is 0 Å². The zero-order chi connectivity index (χ0) is 73.5. The van der Waals surface area contributed by atoms with Crippen LogP contribution in [0.5, 0.6) is 0 Å². The van der Waals surface area contributed by atoms with Crippen LogP contribution in [0.3, 0.4) is 0 Å². The molecular formula is C104H120. The molecule has 15 rings (SSSR count). The Labute approximate surface area is 628 Å². The molecule has 0 aromatic heterocycles. The van der Waals surface area contributed by atoms with Crippen molar-refractivity contribution in [2.75, 3.05) is 0 Å². The van der Waals surface area contributed by atoms with E-state index in [4.69, 9.17) is 0 Å².